The molecule has 4 N–H and O–H groups in total. The summed E-state index contributed by atoms with van der Waals surface area (Å²) < 4.78 is 13.2. The quantitative estimate of drug-likeness (QED) is 0.695. The lowest BCUT2D eigenvalue weighted by Crippen LogP contribution is -2.10. The van der Waals surface area contributed by atoms with Crippen molar-refractivity contribution in [1.29, 1.82) is 0 Å². The van der Waals surface area contributed by atoms with Gasteiger partial charge in [-0.05, 0) is 19.1 Å². The van der Waals surface area contributed by atoms with E-state index in [1.165, 1.54) is 6.07 Å². The number of H-pyrrole nitrogens is 1. The molecule has 1 aromatic heterocycles. The minimum atomic E-state index is -0.420. The van der Waals surface area contributed by atoms with Gasteiger partial charge in [0.15, 0.2) is 0 Å². The Labute approximate surface area is 92.7 Å². The second kappa shape index (κ2) is 4.22. The molecule has 0 aliphatic heterocycles. The van der Waals surface area contributed by atoms with Crippen LogP contribution in [0, 0.1) is 5.82 Å². The maximum absolute atomic E-state index is 13.2. The molecular weight excluding hydrogens is 207 g/mol. The monoisotopic (exact) mass is 220 g/mol. The largest absolute Gasteiger partial charge is 0.395 e. The minimum Gasteiger partial charge on any atom is -0.395 e. The van der Waals surface area contributed by atoms with Crippen LogP contribution in [0.4, 0.5) is 15.8 Å². The second-order valence-electron chi connectivity index (χ2n) is 3.54. The summed E-state index contributed by atoms with van der Waals surface area (Å²) in [6.07, 6.45) is 3.41. The summed E-state index contributed by atoms with van der Waals surface area (Å²) in [5.74, 6) is 0.361. The summed E-state index contributed by atoms with van der Waals surface area (Å²) in [6.45, 7) is 1.92. The normalized spacial score (nSPS) is 12.4. The number of nitrogens with zero attached hydrogens (tertiary/aromatic N) is 1. The van der Waals surface area contributed by atoms with Crippen molar-refractivity contribution in [2.75, 3.05) is 11.1 Å². The van der Waals surface area contributed by atoms with E-state index in [-0.39, 0.29) is 11.7 Å². The van der Waals surface area contributed by atoms with Crippen LogP contribution in [0.5, 0.6) is 0 Å². The van der Waals surface area contributed by atoms with Gasteiger partial charge in [-0.1, -0.05) is 6.07 Å². The third kappa shape index (κ3) is 1.98. The number of nitrogens with two attached hydrogens (primary N) is 1. The van der Waals surface area contributed by atoms with Crippen LogP contribution in [0.25, 0.3) is 0 Å². The van der Waals surface area contributed by atoms with Crippen molar-refractivity contribution >= 4 is 11.4 Å². The SMILES string of the molecule is CC(Nc1cccc(F)c1N)c1ncc[nH]1. The van der Waals surface area contributed by atoms with E-state index in [0.717, 1.165) is 5.82 Å². The van der Waals surface area contributed by atoms with Gasteiger partial charge in [-0.25, -0.2) is 9.37 Å². The molecule has 1 heterocycles. The Bertz CT molecular complexity index is 467. The fourth-order valence-electron chi connectivity index (χ4n) is 1.48. The number of hydrogen-bond acceptors (Lipinski definition) is 3. The summed E-state index contributed by atoms with van der Waals surface area (Å²) >= 11 is 0. The Kier molecular flexibility index (Phi) is 2.76. The molecule has 0 fully saturated rings. The van der Waals surface area contributed by atoms with Crippen LogP contribution in [0.1, 0.15) is 18.8 Å². The van der Waals surface area contributed by atoms with Gasteiger partial charge in [-0.15, -0.1) is 0 Å². The number of para-hydroxylation sites is 1. The van der Waals surface area contributed by atoms with Crippen molar-refractivity contribution in [2.45, 2.75) is 13.0 Å². The van der Waals surface area contributed by atoms with Gasteiger partial charge in [0.05, 0.1) is 17.4 Å². The van der Waals surface area contributed by atoms with Crippen molar-refractivity contribution in [3.63, 3.8) is 0 Å². The Morgan fingerprint density at radius 2 is 2.31 bits per heavy atom. The average Bonchev–Trinajstić information content (AvgIpc) is 2.78. The highest BCUT2D eigenvalue weighted by Gasteiger charge is 2.10. The Morgan fingerprint density at radius 3 is 3.00 bits per heavy atom. The number of nitrogens with one attached hydrogen (secondary N) is 2. The van der Waals surface area contributed by atoms with Crippen molar-refractivity contribution in [3.05, 3.63) is 42.2 Å². The maximum atomic E-state index is 13.2. The molecule has 0 spiro atoms. The van der Waals surface area contributed by atoms with Gasteiger partial charge in [-0.2, -0.15) is 0 Å². The van der Waals surface area contributed by atoms with E-state index in [0.29, 0.717) is 5.69 Å². The molecule has 1 unspecified atom stereocenters. The van der Waals surface area contributed by atoms with Gasteiger partial charge in [0, 0.05) is 12.4 Å². The van der Waals surface area contributed by atoms with Crippen LogP contribution < -0.4 is 11.1 Å². The van der Waals surface area contributed by atoms with Crippen LogP contribution in [0.2, 0.25) is 0 Å². The van der Waals surface area contributed by atoms with E-state index in [9.17, 15) is 4.39 Å². The predicted octanol–water partition coefficient (Wildman–Crippen LogP) is 2.30. The predicted molar refractivity (Wildman–Crippen MR) is 61.4 cm³/mol. The number of imidazole rings is 1. The highest BCUT2D eigenvalue weighted by atomic mass is 19.1. The topological polar surface area (TPSA) is 66.7 Å². The lowest BCUT2D eigenvalue weighted by molar-refractivity contribution is 0.632. The van der Waals surface area contributed by atoms with Crippen LogP contribution in [-0.4, -0.2) is 9.97 Å². The number of aromatic nitrogens is 2. The molecular formula is C11H13FN4. The fourth-order valence-corrected chi connectivity index (χ4v) is 1.48. The van der Waals surface area contributed by atoms with Crippen molar-refractivity contribution < 1.29 is 4.39 Å². The summed E-state index contributed by atoms with van der Waals surface area (Å²) in [5, 5.41) is 3.09. The molecule has 0 bridgehead atoms. The van der Waals surface area contributed by atoms with Gasteiger partial charge in [0.25, 0.3) is 0 Å². The molecule has 2 rings (SSSR count). The van der Waals surface area contributed by atoms with E-state index < -0.39 is 5.82 Å². The molecule has 0 aliphatic rings. The number of benzene rings is 1. The zero-order chi connectivity index (χ0) is 11.5. The Hall–Kier alpha value is -2.04. The number of nitrogen functional groups attached to an aromatic ring is 1. The van der Waals surface area contributed by atoms with Crippen molar-refractivity contribution in [1.82, 2.24) is 9.97 Å². The molecule has 0 saturated heterocycles. The molecule has 2 aromatic rings. The van der Waals surface area contributed by atoms with Gasteiger partial charge >= 0.3 is 0 Å². The molecule has 1 atom stereocenters. The Morgan fingerprint density at radius 1 is 1.50 bits per heavy atom. The average molecular weight is 220 g/mol. The number of rotatable bonds is 3. The van der Waals surface area contributed by atoms with Gasteiger partial charge in [0.1, 0.15) is 11.6 Å². The van der Waals surface area contributed by atoms with Crippen LogP contribution in [0.15, 0.2) is 30.6 Å². The van der Waals surface area contributed by atoms with Crippen LogP contribution in [0.3, 0.4) is 0 Å². The molecule has 5 heteroatoms. The summed E-state index contributed by atoms with van der Waals surface area (Å²) in [7, 11) is 0. The van der Waals surface area contributed by atoms with Crippen LogP contribution in [-0.2, 0) is 0 Å². The highest BCUT2D eigenvalue weighted by Crippen LogP contribution is 2.24. The highest BCUT2D eigenvalue weighted by molar-refractivity contribution is 5.66. The second-order valence-corrected chi connectivity index (χ2v) is 3.54. The number of hydrogen-bond donors (Lipinski definition) is 3. The number of anilines is 2. The summed E-state index contributed by atoms with van der Waals surface area (Å²) in [5.41, 5.74) is 6.32. The first-order chi connectivity index (χ1) is 7.68. The zero-order valence-electron chi connectivity index (χ0n) is 8.87. The lowest BCUT2D eigenvalue weighted by atomic mass is 10.2. The third-order valence-corrected chi connectivity index (χ3v) is 2.35. The molecule has 0 amide bonds. The van der Waals surface area contributed by atoms with E-state index >= 15 is 0 Å². The molecule has 0 aliphatic carbocycles. The fraction of sp³-hybridized carbons (Fsp3) is 0.182. The van der Waals surface area contributed by atoms with Crippen molar-refractivity contribution in [3.8, 4) is 0 Å². The summed E-state index contributed by atoms with van der Waals surface area (Å²) in [4.78, 5) is 7.09. The first kappa shape index (κ1) is 10.5. The molecule has 0 radical (unpaired) electrons. The van der Waals surface area contributed by atoms with E-state index in [2.05, 4.69) is 15.3 Å². The minimum absolute atomic E-state index is 0.0564. The maximum Gasteiger partial charge on any atom is 0.148 e. The Balaban J connectivity index is 2.18. The van der Waals surface area contributed by atoms with Crippen LogP contribution >= 0.6 is 0 Å². The van der Waals surface area contributed by atoms with Gasteiger partial charge in [0.2, 0.25) is 0 Å². The molecule has 0 saturated carbocycles. The molecule has 1 aromatic carbocycles. The first-order valence-electron chi connectivity index (χ1n) is 4.98. The molecule has 4 nitrogen and oxygen atoms in total. The smallest absolute Gasteiger partial charge is 0.148 e. The van der Waals surface area contributed by atoms with E-state index in [4.69, 9.17) is 5.73 Å². The zero-order valence-corrected chi connectivity index (χ0v) is 8.87. The molecule has 84 valence electrons. The standard InChI is InChI=1S/C11H13FN4/c1-7(11-14-5-6-15-11)16-9-4-2-3-8(12)10(9)13/h2-7,16H,13H2,1H3,(H,14,15). The summed E-state index contributed by atoms with van der Waals surface area (Å²) in [6, 6.07) is 4.62. The van der Waals surface area contributed by atoms with E-state index in [1.54, 1.807) is 24.5 Å². The number of halogens is 1. The van der Waals surface area contributed by atoms with Gasteiger partial charge < -0.3 is 16.0 Å². The van der Waals surface area contributed by atoms with E-state index in [1.807, 2.05) is 6.92 Å². The lowest BCUT2D eigenvalue weighted by Gasteiger charge is -2.14. The third-order valence-electron chi connectivity index (χ3n) is 2.35. The first-order valence-corrected chi connectivity index (χ1v) is 4.98. The van der Waals surface area contributed by atoms with Crippen molar-refractivity contribution in [2.24, 2.45) is 0 Å². The number of aromatic amines is 1. The molecule has 16 heavy (non-hydrogen) atoms. The van der Waals surface area contributed by atoms with Gasteiger partial charge in [-0.3, -0.25) is 0 Å².